The summed E-state index contributed by atoms with van der Waals surface area (Å²) in [4.78, 5) is 10.4. The predicted molar refractivity (Wildman–Crippen MR) is 43.5 cm³/mol. The van der Waals surface area contributed by atoms with Crippen molar-refractivity contribution >= 4 is 16.6 Å². The SMILES string of the molecule is CCS(=O)CCCC(C)=O. The molecule has 0 aliphatic heterocycles. The molecule has 0 bridgehead atoms. The number of ketones is 1. The van der Waals surface area contributed by atoms with Gasteiger partial charge in [-0.15, -0.1) is 0 Å². The number of hydrogen-bond acceptors (Lipinski definition) is 2. The molecule has 0 aliphatic rings. The van der Waals surface area contributed by atoms with Crippen LogP contribution in [0.3, 0.4) is 0 Å². The summed E-state index contributed by atoms with van der Waals surface area (Å²) in [6, 6.07) is 0. The topological polar surface area (TPSA) is 34.1 Å². The summed E-state index contributed by atoms with van der Waals surface area (Å²) in [5.41, 5.74) is 0. The summed E-state index contributed by atoms with van der Waals surface area (Å²) >= 11 is 0. The van der Waals surface area contributed by atoms with Gasteiger partial charge in [-0.1, -0.05) is 6.92 Å². The van der Waals surface area contributed by atoms with Crippen LogP contribution in [0.1, 0.15) is 26.7 Å². The minimum absolute atomic E-state index is 0.188. The molecule has 0 aromatic rings. The smallest absolute Gasteiger partial charge is 0.129 e. The summed E-state index contributed by atoms with van der Waals surface area (Å²) in [5, 5.41) is 0. The molecule has 0 heterocycles. The second kappa shape index (κ2) is 5.59. The Kier molecular flexibility index (Phi) is 5.49. The van der Waals surface area contributed by atoms with Crippen LogP contribution in [0.2, 0.25) is 0 Å². The molecule has 0 aromatic heterocycles. The number of carbonyl (C=O) groups excluding carboxylic acids is 1. The lowest BCUT2D eigenvalue weighted by Gasteiger charge is -1.95. The van der Waals surface area contributed by atoms with Crippen molar-refractivity contribution < 1.29 is 9.00 Å². The van der Waals surface area contributed by atoms with Gasteiger partial charge in [0.05, 0.1) is 0 Å². The second-order valence-electron chi connectivity index (χ2n) is 2.24. The Morgan fingerprint density at radius 3 is 2.50 bits per heavy atom. The minimum atomic E-state index is -0.696. The Labute approximate surface area is 64.5 Å². The maximum Gasteiger partial charge on any atom is 0.129 e. The molecule has 0 aromatic carbocycles. The first-order valence-electron chi connectivity index (χ1n) is 3.51. The van der Waals surface area contributed by atoms with Crippen LogP contribution in [0.5, 0.6) is 0 Å². The first-order chi connectivity index (χ1) is 4.66. The third-order valence-electron chi connectivity index (χ3n) is 1.22. The molecular weight excluding hydrogens is 148 g/mol. The molecule has 0 rings (SSSR count). The highest BCUT2D eigenvalue weighted by Gasteiger charge is 1.97. The fourth-order valence-corrected chi connectivity index (χ4v) is 1.38. The van der Waals surface area contributed by atoms with Crippen molar-refractivity contribution in [1.82, 2.24) is 0 Å². The van der Waals surface area contributed by atoms with Crippen molar-refractivity contribution in [3.63, 3.8) is 0 Å². The summed E-state index contributed by atoms with van der Waals surface area (Å²) < 4.78 is 10.8. The van der Waals surface area contributed by atoms with Crippen LogP contribution >= 0.6 is 0 Å². The zero-order chi connectivity index (χ0) is 7.98. The van der Waals surface area contributed by atoms with E-state index in [9.17, 15) is 9.00 Å². The van der Waals surface area contributed by atoms with Crippen LogP contribution in [0.25, 0.3) is 0 Å². The van der Waals surface area contributed by atoms with E-state index in [-0.39, 0.29) is 5.78 Å². The molecule has 0 saturated carbocycles. The molecule has 0 amide bonds. The molecule has 10 heavy (non-hydrogen) atoms. The van der Waals surface area contributed by atoms with Crippen molar-refractivity contribution in [2.24, 2.45) is 0 Å². The van der Waals surface area contributed by atoms with Crippen molar-refractivity contribution in [2.45, 2.75) is 26.7 Å². The zero-order valence-corrected chi connectivity index (χ0v) is 7.37. The van der Waals surface area contributed by atoms with Gasteiger partial charge in [-0.25, -0.2) is 0 Å². The van der Waals surface area contributed by atoms with E-state index in [1.54, 1.807) is 6.92 Å². The first-order valence-corrected chi connectivity index (χ1v) is 5.00. The lowest BCUT2D eigenvalue weighted by Crippen LogP contribution is -2.01. The summed E-state index contributed by atoms with van der Waals surface area (Å²) in [6.07, 6.45) is 1.35. The van der Waals surface area contributed by atoms with Gasteiger partial charge in [0.2, 0.25) is 0 Å². The van der Waals surface area contributed by atoms with Crippen LogP contribution in [-0.2, 0) is 15.6 Å². The van der Waals surface area contributed by atoms with E-state index < -0.39 is 10.8 Å². The average Bonchev–Trinajstić information content (AvgIpc) is 1.87. The van der Waals surface area contributed by atoms with Gasteiger partial charge >= 0.3 is 0 Å². The van der Waals surface area contributed by atoms with Gasteiger partial charge in [0, 0.05) is 28.7 Å². The van der Waals surface area contributed by atoms with Gasteiger partial charge in [0.15, 0.2) is 0 Å². The van der Waals surface area contributed by atoms with Gasteiger partial charge < -0.3 is 4.79 Å². The van der Waals surface area contributed by atoms with Gasteiger partial charge in [0.25, 0.3) is 0 Å². The Bertz CT molecular complexity index is 132. The number of carbonyl (C=O) groups is 1. The van der Waals surface area contributed by atoms with Crippen molar-refractivity contribution in [3.8, 4) is 0 Å². The highest BCUT2D eigenvalue weighted by atomic mass is 32.2. The quantitative estimate of drug-likeness (QED) is 0.607. The molecule has 0 fully saturated rings. The van der Waals surface area contributed by atoms with E-state index in [1.165, 1.54) is 0 Å². The highest BCUT2D eigenvalue weighted by molar-refractivity contribution is 7.84. The van der Waals surface area contributed by atoms with E-state index in [1.807, 2.05) is 6.92 Å². The molecule has 0 aliphatic carbocycles. The fourth-order valence-electron chi connectivity index (χ4n) is 0.626. The Balaban J connectivity index is 3.20. The van der Waals surface area contributed by atoms with E-state index in [4.69, 9.17) is 0 Å². The third kappa shape index (κ3) is 5.95. The maximum absolute atomic E-state index is 10.8. The van der Waals surface area contributed by atoms with Gasteiger partial charge in [-0.2, -0.15) is 0 Å². The van der Waals surface area contributed by atoms with E-state index >= 15 is 0 Å². The Morgan fingerprint density at radius 1 is 1.50 bits per heavy atom. The molecule has 0 N–H and O–H groups in total. The molecule has 1 unspecified atom stereocenters. The molecule has 0 spiro atoms. The van der Waals surface area contributed by atoms with Crippen molar-refractivity contribution in [1.29, 1.82) is 0 Å². The summed E-state index contributed by atoms with van der Waals surface area (Å²) in [6.45, 7) is 3.46. The number of hydrogen-bond donors (Lipinski definition) is 0. The highest BCUT2D eigenvalue weighted by Crippen LogP contribution is 1.93. The summed E-state index contributed by atoms with van der Waals surface area (Å²) in [7, 11) is -0.696. The Morgan fingerprint density at radius 2 is 2.10 bits per heavy atom. The second-order valence-corrected chi connectivity index (χ2v) is 4.10. The van der Waals surface area contributed by atoms with E-state index in [0.717, 1.165) is 6.42 Å². The summed E-state index contributed by atoms with van der Waals surface area (Å²) in [5.74, 6) is 1.57. The predicted octanol–water partition coefficient (Wildman–Crippen LogP) is 1.12. The Hall–Kier alpha value is -0.180. The van der Waals surface area contributed by atoms with Gasteiger partial charge in [-0.05, 0) is 13.3 Å². The molecule has 0 radical (unpaired) electrons. The minimum Gasteiger partial charge on any atom is -0.300 e. The number of Topliss-reactive ketones (excluding diaryl/α,β-unsaturated/α-hetero) is 1. The maximum atomic E-state index is 10.8. The molecule has 2 nitrogen and oxygen atoms in total. The first kappa shape index (κ1) is 9.82. The standard InChI is InChI=1S/C7H14O2S/c1-3-10(9)6-4-5-7(2)8/h3-6H2,1-2H3. The van der Waals surface area contributed by atoms with Crippen LogP contribution < -0.4 is 0 Å². The lowest BCUT2D eigenvalue weighted by atomic mass is 10.3. The molecule has 1 atom stereocenters. The van der Waals surface area contributed by atoms with Gasteiger partial charge in [0.1, 0.15) is 5.78 Å². The van der Waals surface area contributed by atoms with Crippen molar-refractivity contribution in [2.75, 3.05) is 11.5 Å². The normalized spacial score (nSPS) is 13.0. The lowest BCUT2D eigenvalue weighted by molar-refractivity contribution is -0.117. The monoisotopic (exact) mass is 162 g/mol. The molecule has 60 valence electrons. The molecule has 0 saturated heterocycles. The average molecular weight is 162 g/mol. The van der Waals surface area contributed by atoms with Crippen LogP contribution in [0.15, 0.2) is 0 Å². The fraction of sp³-hybridized carbons (Fsp3) is 0.857. The molecule has 3 heteroatoms. The largest absolute Gasteiger partial charge is 0.300 e. The molecular formula is C7H14O2S. The van der Waals surface area contributed by atoms with Crippen LogP contribution in [0, 0.1) is 0 Å². The van der Waals surface area contributed by atoms with E-state index in [0.29, 0.717) is 17.9 Å². The van der Waals surface area contributed by atoms with Crippen LogP contribution in [-0.4, -0.2) is 21.5 Å². The van der Waals surface area contributed by atoms with Gasteiger partial charge in [-0.3, -0.25) is 4.21 Å². The van der Waals surface area contributed by atoms with Crippen LogP contribution in [0.4, 0.5) is 0 Å². The van der Waals surface area contributed by atoms with Crippen molar-refractivity contribution in [3.05, 3.63) is 0 Å². The number of rotatable bonds is 5. The third-order valence-corrected chi connectivity index (χ3v) is 2.61. The van der Waals surface area contributed by atoms with E-state index in [2.05, 4.69) is 0 Å². The zero-order valence-electron chi connectivity index (χ0n) is 6.55.